The molecule has 3 aromatic rings. The molecular weight excluding hydrogens is 421 g/mol. The largest absolute Gasteiger partial charge is 0.346 e. The number of nitrogens with zero attached hydrogens (tertiary/aromatic N) is 6. The summed E-state index contributed by atoms with van der Waals surface area (Å²) in [5.74, 6) is -3.22. The van der Waals surface area contributed by atoms with Gasteiger partial charge in [0.2, 0.25) is 5.95 Å². The van der Waals surface area contributed by atoms with Gasteiger partial charge in [0.05, 0.1) is 30.4 Å². The van der Waals surface area contributed by atoms with Gasteiger partial charge < -0.3 is 10.3 Å². The van der Waals surface area contributed by atoms with Crippen molar-refractivity contribution >= 4 is 11.0 Å². The lowest BCUT2D eigenvalue weighted by molar-refractivity contribution is 0.184. The molecule has 2 N–H and O–H groups in total. The molecule has 1 unspecified atom stereocenters. The Labute approximate surface area is 181 Å². The Hall–Kier alpha value is -3.65. The molecule has 0 saturated carbocycles. The summed E-state index contributed by atoms with van der Waals surface area (Å²) in [4.78, 5) is 13.3. The van der Waals surface area contributed by atoms with E-state index in [0.29, 0.717) is 25.6 Å². The van der Waals surface area contributed by atoms with Crippen molar-refractivity contribution in [3.63, 3.8) is 0 Å². The Balaban J connectivity index is 1.37. The van der Waals surface area contributed by atoms with E-state index in [4.69, 9.17) is 0 Å². The number of aromatic nitrogens is 5. The van der Waals surface area contributed by atoms with Crippen LogP contribution in [0.15, 0.2) is 54.7 Å². The van der Waals surface area contributed by atoms with Crippen LogP contribution in [-0.4, -0.2) is 48.9 Å². The number of fused-ring (bicyclic) bond motifs is 1. The summed E-state index contributed by atoms with van der Waals surface area (Å²) < 4.78 is 42.9. The second-order valence-electron chi connectivity index (χ2n) is 7.88. The van der Waals surface area contributed by atoms with Crippen LogP contribution in [0.4, 0.5) is 13.2 Å². The average Bonchev–Trinajstić information content (AvgIpc) is 3.54. The van der Waals surface area contributed by atoms with Crippen molar-refractivity contribution < 1.29 is 13.2 Å². The maximum absolute atomic E-state index is 14.2. The smallest absolute Gasteiger partial charge is 0.224 e. The zero-order valence-corrected chi connectivity index (χ0v) is 16.8. The number of hydrogen-bond acceptors (Lipinski definition) is 6. The number of likely N-dealkylation sites (tertiary alicyclic amines) is 1. The van der Waals surface area contributed by atoms with Crippen LogP contribution in [0, 0.1) is 17.2 Å². The number of hydrogen-bond donors (Lipinski definition) is 2. The van der Waals surface area contributed by atoms with Crippen molar-refractivity contribution in [3.05, 3.63) is 54.7 Å². The number of H-pyrrole nitrogens is 1. The van der Waals surface area contributed by atoms with Gasteiger partial charge >= 0.3 is 0 Å². The van der Waals surface area contributed by atoms with Gasteiger partial charge in [-0.2, -0.15) is 14.8 Å². The predicted octanol–water partition coefficient (Wildman–Crippen LogP) is 3.49. The van der Waals surface area contributed by atoms with Crippen LogP contribution in [0.2, 0.25) is 0 Å². The van der Waals surface area contributed by atoms with E-state index in [1.807, 2.05) is 12.3 Å². The molecule has 0 radical (unpaired) electrons. The topological polar surface area (TPSA) is 98.5 Å². The van der Waals surface area contributed by atoms with Crippen LogP contribution in [-0.2, 0) is 0 Å². The quantitative estimate of drug-likeness (QED) is 0.590. The molecule has 8 nitrogen and oxygen atoms in total. The average molecular weight is 440 g/mol. The van der Waals surface area contributed by atoms with E-state index in [1.165, 1.54) is 6.33 Å². The lowest BCUT2D eigenvalue weighted by Gasteiger charge is -2.30. The number of dihydropyridines is 1. The van der Waals surface area contributed by atoms with Crippen molar-refractivity contribution in [2.24, 2.45) is 5.92 Å². The molecule has 1 saturated heterocycles. The van der Waals surface area contributed by atoms with E-state index >= 15 is 0 Å². The van der Waals surface area contributed by atoms with E-state index in [1.54, 1.807) is 22.0 Å². The van der Waals surface area contributed by atoms with Crippen LogP contribution in [0.1, 0.15) is 18.9 Å². The minimum atomic E-state index is -1.25. The Bertz CT molecular complexity index is 1250. The Morgan fingerprint density at radius 2 is 2.16 bits per heavy atom. The summed E-state index contributed by atoms with van der Waals surface area (Å²) in [7, 11) is 0. The molecule has 3 atom stereocenters. The lowest BCUT2D eigenvalue weighted by atomic mass is 9.96. The van der Waals surface area contributed by atoms with Crippen molar-refractivity contribution in [2.75, 3.05) is 13.1 Å². The maximum Gasteiger partial charge on any atom is 0.224 e. The van der Waals surface area contributed by atoms with Crippen molar-refractivity contribution in [1.29, 1.82) is 5.26 Å². The second-order valence-corrected chi connectivity index (χ2v) is 7.88. The van der Waals surface area contributed by atoms with Gasteiger partial charge in [-0.25, -0.2) is 18.7 Å². The lowest BCUT2D eigenvalue weighted by Crippen LogP contribution is -2.46. The fourth-order valence-electron chi connectivity index (χ4n) is 4.46. The molecule has 2 aliphatic rings. The number of aromatic amines is 1. The fraction of sp³-hybridized carbons (Fsp3) is 0.333. The molecule has 32 heavy (non-hydrogen) atoms. The number of rotatable bonds is 5. The molecule has 5 rings (SSSR count). The van der Waals surface area contributed by atoms with Crippen LogP contribution < -0.4 is 5.32 Å². The highest BCUT2D eigenvalue weighted by molar-refractivity contribution is 5.89. The van der Waals surface area contributed by atoms with Gasteiger partial charge in [-0.15, -0.1) is 0 Å². The highest BCUT2D eigenvalue weighted by atomic mass is 19.2. The summed E-state index contributed by atoms with van der Waals surface area (Å²) in [6, 6.07) is 3.84. The highest BCUT2D eigenvalue weighted by Gasteiger charge is 2.37. The standard InChI is InChI=1S/C21H19F3N8/c22-15-7-16(23)21(30-19(15)24)31-6-3-12(9-31)17(1-4-25)32-10-13(8-29-32)18-14-2-5-26-20(14)28-11-27-18/h2,5,7-8,10-12,17,21,30H,1,3,6,9H2,(H,26,27,28)/t12-,17-,21?/m0/s1. The summed E-state index contributed by atoms with van der Waals surface area (Å²) in [6.07, 6.45) is 7.19. The van der Waals surface area contributed by atoms with E-state index in [9.17, 15) is 18.4 Å². The van der Waals surface area contributed by atoms with E-state index in [-0.39, 0.29) is 18.4 Å². The molecule has 11 heteroatoms. The third kappa shape index (κ3) is 3.52. The summed E-state index contributed by atoms with van der Waals surface area (Å²) >= 11 is 0. The van der Waals surface area contributed by atoms with Gasteiger partial charge in [0, 0.05) is 42.5 Å². The number of halogens is 3. The summed E-state index contributed by atoms with van der Waals surface area (Å²) in [5.41, 5.74) is 2.24. The van der Waals surface area contributed by atoms with E-state index in [2.05, 4.69) is 31.4 Å². The van der Waals surface area contributed by atoms with Crippen LogP contribution in [0.3, 0.4) is 0 Å². The third-order valence-corrected chi connectivity index (χ3v) is 6.03. The molecule has 0 aromatic carbocycles. The Kier molecular flexibility index (Phi) is 5.14. The number of nitriles is 1. The van der Waals surface area contributed by atoms with Crippen molar-refractivity contribution in [2.45, 2.75) is 25.0 Å². The molecule has 164 valence electrons. The van der Waals surface area contributed by atoms with Gasteiger partial charge in [0.15, 0.2) is 5.83 Å². The van der Waals surface area contributed by atoms with E-state index < -0.39 is 23.8 Å². The SMILES string of the molecule is N#CC[C@@H]([C@H]1CCN(C2NC(F)=C(F)C=C2F)C1)n1cc(-c2ncnc3[nH]ccc23)cn1. The van der Waals surface area contributed by atoms with Crippen molar-refractivity contribution in [1.82, 2.24) is 34.9 Å². The molecular formula is C21H19F3N8. The maximum atomic E-state index is 14.2. The third-order valence-electron chi connectivity index (χ3n) is 6.03. The van der Waals surface area contributed by atoms with Gasteiger partial charge in [-0.1, -0.05) is 0 Å². The van der Waals surface area contributed by atoms with Crippen LogP contribution in [0.25, 0.3) is 22.3 Å². The zero-order chi connectivity index (χ0) is 22.2. The van der Waals surface area contributed by atoms with Gasteiger partial charge in [-0.05, 0) is 18.4 Å². The summed E-state index contributed by atoms with van der Waals surface area (Å²) in [5, 5.41) is 17.0. The van der Waals surface area contributed by atoms with Gasteiger partial charge in [0.1, 0.15) is 24.0 Å². The van der Waals surface area contributed by atoms with E-state index in [0.717, 1.165) is 22.3 Å². The minimum Gasteiger partial charge on any atom is -0.346 e. The fourth-order valence-corrected chi connectivity index (χ4v) is 4.46. The Morgan fingerprint density at radius 1 is 1.28 bits per heavy atom. The monoisotopic (exact) mass is 440 g/mol. The number of nitrogens with one attached hydrogen (secondary N) is 2. The second kappa shape index (κ2) is 8.12. The molecule has 0 bridgehead atoms. The molecule has 1 fully saturated rings. The molecule has 5 heterocycles. The zero-order valence-electron chi connectivity index (χ0n) is 16.8. The normalized spacial score (nSPS) is 22.6. The van der Waals surface area contributed by atoms with Crippen LogP contribution in [0.5, 0.6) is 0 Å². The molecule has 3 aromatic heterocycles. The van der Waals surface area contributed by atoms with Gasteiger partial charge in [-0.3, -0.25) is 9.58 Å². The number of allylic oxidation sites excluding steroid dienone is 2. The summed E-state index contributed by atoms with van der Waals surface area (Å²) in [6.45, 7) is 0.884. The molecule has 0 amide bonds. The molecule has 0 spiro atoms. The highest BCUT2D eigenvalue weighted by Crippen LogP contribution is 2.34. The van der Waals surface area contributed by atoms with Gasteiger partial charge in [0.25, 0.3) is 0 Å². The first-order chi connectivity index (χ1) is 15.5. The van der Waals surface area contributed by atoms with Crippen LogP contribution >= 0.6 is 0 Å². The first kappa shape index (κ1) is 20.3. The first-order valence-corrected chi connectivity index (χ1v) is 10.2. The van der Waals surface area contributed by atoms with Crippen molar-refractivity contribution in [3.8, 4) is 17.3 Å². The molecule has 0 aliphatic carbocycles. The Morgan fingerprint density at radius 3 is 3.00 bits per heavy atom. The first-order valence-electron chi connectivity index (χ1n) is 10.2. The minimum absolute atomic E-state index is 0.0199. The molecule has 2 aliphatic heterocycles. The predicted molar refractivity (Wildman–Crippen MR) is 109 cm³/mol.